The van der Waals surface area contributed by atoms with Gasteiger partial charge in [-0.05, 0) is 37.5 Å². The Morgan fingerprint density at radius 3 is 2.59 bits per heavy atom. The number of hydrogen-bond acceptors (Lipinski definition) is 4. The first-order chi connectivity index (χ1) is 12.8. The van der Waals surface area contributed by atoms with Crippen LogP contribution in [-0.2, 0) is 21.4 Å². The molecule has 152 valence electrons. The van der Waals surface area contributed by atoms with E-state index in [4.69, 9.17) is 16.3 Å². The van der Waals surface area contributed by atoms with Gasteiger partial charge in [-0.25, -0.2) is 12.7 Å². The van der Waals surface area contributed by atoms with Gasteiger partial charge in [0.1, 0.15) is 5.75 Å². The number of hydrogen-bond donors (Lipinski definition) is 0. The van der Waals surface area contributed by atoms with Gasteiger partial charge >= 0.3 is 0 Å². The van der Waals surface area contributed by atoms with E-state index >= 15 is 0 Å². The van der Waals surface area contributed by atoms with Crippen LogP contribution < -0.4 is 4.74 Å². The van der Waals surface area contributed by atoms with Crippen LogP contribution in [-0.4, -0.2) is 56.5 Å². The van der Waals surface area contributed by atoms with Gasteiger partial charge < -0.3 is 9.64 Å². The number of halogens is 1. The Kier molecular flexibility index (Phi) is 7.94. The molecule has 8 heteroatoms. The highest BCUT2D eigenvalue weighted by atomic mass is 35.5. The summed E-state index contributed by atoms with van der Waals surface area (Å²) < 4.78 is 31.5. The molecule has 0 aromatic heterocycles. The van der Waals surface area contributed by atoms with Crippen LogP contribution in [0, 0.1) is 5.92 Å². The van der Waals surface area contributed by atoms with E-state index in [0.717, 1.165) is 12.0 Å². The molecule has 1 aliphatic rings. The first-order valence-corrected chi connectivity index (χ1v) is 11.3. The minimum atomic E-state index is -3.20. The number of piperidine rings is 1. The smallest absolute Gasteiger partial charge is 0.225 e. The van der Waals surface area contributed by atoms with Gasteiger partial charge in [0, 0.05) is 43.2 Å². The van der Waals surface area contributed by atoms with Gasteiger partial charge in [-0.3, -0.25) is 4.79 Å². The van der Waals surface area contributed by atoms with Gasteiger partial charge in [0.05, 0.1) is 12.9 Å². The lowest BCUT2D eigenvalue weighted by Gasteiger charge is -2.32. The van der Waals surface area contributed by atoms with Crippen LogP contribution in [0.5, 0.6) is 5.75 Å². The molecule has 0 spiro atoms. The molecule has 0 unspecified atom stereocenters. The van der Waals surface area contributed by atoms with E-state index in [1.165, 1.54) is 4.31 Å². The largest absolute Gasteiger partial charge is 0.496 e. The van der Waals surface area contributed by atoms with Crippen LogP contribution in [0.15, 0.2) is 18.2 Å². The average Bonchev–Trinajstić information content (AvgIpc) is 2.66. The lowest BCUT2D eigenvalue weighted by molar-refractivity contribution is -0.135. The second-order valence-electron chi connectivity index (χ2n) is 6.99. The first kappa shape index (κ1) is 22.0. The van der Waals surface area contributed by atoms with Crippen molar-refractivity contribution in [3.63, 3.8) is 0 Å². The molecule has 27 heavy (non-hydrogen) atoms. The summed E-state index contributed by atoms with van der Waals surface area (Å²) in [6.07, 6.45) is 2.64. The third kappa shape index (κ3) is 5.83. The summed E-state index contributed by atoms with van der Waals surface area (Å²) in [6.45, 7) is 3.20. The van der Waals surface area contributed by atoms with Crippen molar-refractivity contribution in [2.45, 2.75) is 39.2 Å². The number of nitrogens with zero attached hydrogens (tertiary/aromatic N) is 2. The van der Waals surface area contributed by atoms with E-state index in [9.17, 15) is 13.2 Å². The van der Waals surface area contributed by atoms with E-state index in [1.807, 2.05) is 6.92 Å². The standard InChI is InChI=1S/C19H29ClN2O4S/c1-4-5-12-27(24,25)22-10-8-15(9-11-22)19(23)21(2)14-16-13-17(20)6-7-18(16)26-3/h6-7,13,15H,4-5,8-12,14H2,1-3H3. The first-order valence-electron chi connectivity index (χ1n) is 9.33. The third-order valence-electron chi connectivity index (χ3n) is 4.98. The molecule has 1 saturated heterocycles. The molecule has 0 bridgehead atoms. The molecule has 1 aliphatic heterocycles. The lowest BCUT2D eigenvalue weighted by atomic mass is 9.96. The van der Waals surface area contributed by atoms with Gasteiger partial charge in [-0.2, -0.15) is 0 Å². The van der Waals surface area contributed by atoms with Crippen LogP contribution in [0.1, 0.15) is 38.2 Å². The summed E-state index contributed by atoms with van der Waals surface area (Å²) in [6, 6.07) is 5.34. The zero-order chi connectivity index (χ0) is 20.0. The molecular weight excluding hydrogens is 388 g/mol. The highest BCUT2D eigenvalue weighted by Gasteiger charge is 2.32. The highest BCUT2D eigenvalue weighted by molar-refractivity contribution is 7.89. The molecule has 2 rings (SSSR count). The van der Waals surface area contributed by atoms with Crippen molar-refractivity contribution in [3.8, 4) is 5.75 Å². The molecule has 0 saturated carbocycles. The van der Waals surface area contributed by atoms with Crippen molar-refractivity contribution < 1.29 is 17.9 Å². The maximum atomic E-state index is 12.8. The van der Waals surface area contributed by atoms with Gasteiger partial charge in [0.25, 0.3) is 0 Å². The average molecular weight is 417 g/mol. The van der Waals surface area contributed by atoms with Gasteiger partial charge in [0.2, 0.25) is 15.9 Å². The fraction of sp³-hybridized carbons (Fsp3) is 0.632. The number of unbranched alkanes of at least 4 members (excludes halogenated alkanes) is 1. The molecule has 1 amide bonds. The highest BCUT2D eigenvalue weighted by Crippen LogP contribution is 2.26. The van der Waals surface area contributed by atoms with Gasteiger partial charge in [-0.15, -0.1) is 0 Å². The maximum Gasteiger partial charge on any atom is 0.225 e. The molecule has 0 aliphatic carbocycles. The Hall–Kier alpha value is -1.31. The number of sulfonamides is 1. The van der Waals surface area contributed by atoms with Gasteiger partial charge in [-0.1, -0.05) is 24.9 Å². The SMILES string of the molecule is CCCCS(=O)(=O)N1CCC(C(=O)N(C)Cc2cc(Cl)ccc2OC)CC1. The quantitative estimate of drug-likeness (QED) is 0.652. The van der Waals surface area contributed by atoms with E-state index in [1.54, 1.807) is 37.3 Å². The van der Waals surface area contributed by atoms with Crippen LogP contribution in [0.25, 0.3) is 0 Å². The number of carbonyl (C=O) groups excluding carboxylic acids is 1. The Morgan fingerprint density at radius 1 is 1.33 bits per heavy atom. The van der Waals surface area contributed by atoms with Crippen molar-refractivity contribution >= 4 is 27.5 Å². The summed E-state index contributed by atoms with van der Waals surface area (Å²) in [5.41, 5.74) is 0.848. The molecular formula is C19H29ClN2O4S. The summed E-state index contributed by atoms with van der Waals surface area (Å²) in [4.78, 5) is 14.5. The topological polar surface area (TPSA) is 66.9 Å². The van der Waals surface area contributed by atoms with Crippen molar-refractivity contribution in [3.05, 3.63) is 28.8 Å². The van der Waals surface area contributed by atoms with Crippen LogP contribution >= 0.6 is 11.6 Å². The van der Waals surface area contributed by atoms with Crippen LogP contribution in [0.4, 0.5) is 0 Å². The summed E-state index contributed by atoms with van der Waals surface area (Å²) >= 11 is 6.06. The minimum absolute atomic E-state index is 0.0302. The Balaban J connectivity index is 1.94. The predicted molar refractivity (Wildman–Crippen MR) is 107 cm³/mol. The normalized spacial score (nSPS) is 16.3. The van der Waals surface area contributed by atoms with E-state index in [2.05, 4.69) is 0 Å². The second-order valence-corrected chi connectivity index (χ2v) is 9.52. The number of methoxy groups -OCH3 is 1. The fourth-order valence-corrected chi connectivity index (χ4v) is 5.23. The summed E-state index contributed by atoms with van der Waals surface area (Å²) in [5, 5.41) is 0.595. The molecule has 0 atom stereocenters. The number of rotatable bonds is 8. The van der Waals surface area contributed by atoms with Crippen LogP contribution in [0.2, 0.25) is 5.02 Å². The van der Waals surface area contributed by atoms with Crippen molar-refractivity contribution in [2.75, 3.05) is 33.0 Å². The Bertz CT molecular complexity index is 746. The van der Waals surface area contributed by atoms with E-state index < -0.39 is 10.0 Å². The molecule has 1 aromatic rings. The monoisotopic (exact) mass is 416 g/mol. The molecule has 0 radical (unpaired) electrons. The van der Waals surface area contributed by atoms with Gasteiger partial charge in [0.15, 0.2) is 0 Å². The Labute approximate surface area is 167 Å². The zero-order valence-electron chi connectivity index (χ0n) is 16.3. The summed E-state index contributed by atoms with van der Waals surface area (Å²) in [5.74, 6) is 0.757. The number of ether oxygens (including phenoxy) is 1. The molecule has 1 fully saturated rings. The molecule has 0 N–H and O–H groups in total. The Morgan fingerprint density at radius 2 is 2.00 bits per heavy atom. The van der Waals surface area contributed by atoms with Crippen molar-refractivity contribution in [1.29, 1.82) is 0 Å². The van der Waals surface area contributed by atoms with Crippen molar-refractivity contribution in [1.82, 2.24) is 9.21 Å². The second kappa shape index (κ2) is 9.75. The fourth-order valence-electron chi connectivity index (χ4n) is 3.35. The number of benzene rings is 1. The maximum absolute atomic E-state index is 12.8. The number of carbonyl (C=O) groups is 1. The minimum Gasteiger partial charge on any atom is -0.496 e. The van der Waals surface area contributed by atoms with E-state index in [0.29, 0.717) is 49.7 Å². The third-order valence-corrected chi connectivity index (χ3v) is 7.17. The molecule has 6 nitrogen and oxygen atoms in total. The predicted octanol–water partition coefficient (Wildman–Crippen LogP) is 3.15. The molecule has 1 aromatic carbocycles. The van der Waals surface area contributed by atoms with E-state index in [-0.39, 0.29) is 17.6 Å². The zero-order valence-corrected chi connectivity index (χ0v) is 17.9. The number of amides is 1. The lowest BCUT2D eigenvalue weighted by Crippen LogP contribution is -2.44. The summed E-state index contributed by atoms with van der Waals surface area (Å²) in [7, 11) is 0.144. The molecule has 1 heterocycles. The van der Waals surface area contributed by atoms with Crippen molar-refractivity contribution in [2.24, 2.45) is 5.92 Å². The van der Waals surface area contributed by atoms with Crippen LogP contribution in [0.3, 0.4) is 0 Å².